The Hall–Kier alpha value is -1.68. The Bertz CT molecular complexity index is 629. The Morgan fingerprint density at radius 3 is 2.95 bits per heavy atom. The number of anilines is 1. The van der Waals surface area contributed by atoms with Crippen LogP contribution in [0, 0.1) is 17.8 Å². The second kappa shape index (κ2) is 4.70. The van der Waals surface area contributed by atoms with Gasteiger partial charge in [-0.15, -0.1) is 0 Å². The van der Waals surface area contributed by atoms with E-state index in [1.165, 1.54) is 6.42 Å². The molecule has 3 nitrogen and oxygen atoms in total. The van der Waals surface area contributed by atoms with E-state index in [2.05, 4.69) is 15.2 Å². The van der Waals surface area contributed by atoms with Crippen LogP contribution in [0.25, 0.3) is 10.9 Å². The van der Waals surface area contributed by atoms with Crippen LogP contribution >= 0.6 is 0 Å². The first kappa shape index (κ1) is 12.1. The Morgan fingerprint density at radius 1 is 1.20 bits per heavy atom. The van der Waals surface area contributed by atoms with Gasteiger partial charge in [-0.05, 0) is 37.4 Å². The lowest BCUT2D eigenvalue weighted by atomic mass is 9.90. The molecule has 20 heavy (non-hydrogen) atoms. The number of piperidine rings is 1. The summed E-state index contributed by atoms with van der Waals surface area (Å²) in [6.07, 6.45) is 1.23. The maximum absolute atomic E-state index is 13.8. The molecular weight excluding hydrogens is 253 g/mol. The molecule has 0 amide bonds. The smallest absolute Gasteiger partial charge is 0.215 e. The van der Waals surface area contributed by atoms with Crippen molar-refractivity contribution >= 4 is 16.6 Å². The van der Waals surface area contributed by atoms with Crippen molar-refractivity contribution < 1.29 is 4.39 Å². The molecule has 2 aliphatic rings. The molecular formula is C16H18FN3. The van der Waals surface area contributed by atoms with Gasteiger partial charge in [-0.2, -0.15) is 4.39 Å². The number of aromatic nitrogens is 1. The number of hydrogen-bond acceptors (Lipinski definition) is 3. The zero-order valence-electron chi connectivity index (χ0n) is 11.3. The van der Waals surface area contributed by atoms with Gasteiger partial charge in [0.05, 0.1) is 11.2 Å². The monoisotopic (exact) mass is 271 g/mol. The minimum absolute atomic E-state index is 0.383. The van der Waals surface area contributed by atoms with Crippen LogP contribution in [0.3, 0.4) is 0 Å². The van der Waals surface area contributed by atoms with Gasteiger partial charge >= 0.3 is 0 Å². The maximum atomic E-state index is 13.8. The summed E-state index contributed by atoms with van der Waals surface area (Å²) >= 11 is 0. The van der Waals surface area contributed by atoms with Gasteiger partial charge in [0.25, 0.3) is 0 Å². The zero-order valence-corrected chi connectivity index (χ0v) is 11.3. The topological polar surface area (TPSA) is 28.2 Å². The lowest BCUT2D eigenvalue weighted by Crippen LogP contribution is -2.35. The third kappa shape index (κ3) is 1.95. The average molecular weight is 271 g/mol. The molecule has 4 heteroatoms. The van der Waals surface area contributed by atoms with Crippen LogP contribution in [-0.4, -0.2) is 31.2 Å². The molecule has 0 aliphatic carbocycles. The van der Waals surface area contributed by atoms with Gasteiger partial charge in [0, 0.05) is 24.5 Å². The van der Waals surface area contributed by atoms with Crippen molar-refractivity contribution in [2.45, 2.75) is 6.42 Å². The molecule has 4 rings (SSSR count). The molecule has 3 heterocycles. The predicted molar refractivity (Wildman–Crippen MR) is 78.4 cm³/mol. The Labute approximate surface area is 117 Å². The summed E-state index contributed by atoms with van der Waals surface area (Å²) in [7, 11) is 0. The number of para-hydroxylation sites is 1. The second-order valence-corrected chi connectivity index (χ2v) is 5.90. The molecule has 0 saturated carbocycles. The van der Waals surface area contributed by atoms with Gasteiger partial charge in [-0.3, -0.25) is 0 Å². The third-order valence-electron chi connectivity index (χ3n) is 4.68. The molecule has 2 aromatic rings. The highest BCUT2D eigenvalue weighted by Gasteiger charge is 2.35. The molecule has 2 aliphatic heterocycles. The van der Waals surface area contributed by atoms with Gasteiger partial charge < -0.3 is 10.2 Å². The van der Waals surface area contributed by atoms with Crippen LogP contribution < -0.4 is 10.2 Å². The molecule has 2 atom stereocenters. The fraction of sp³-hybridized carbons (Fsp3) is 0.438. The molecule has 1 aromatic carbocycles. The van der Waals surface area contributed by atoms with Gasteiger partial charge in [0.15, 0.2) is 0 Å². The van der Waals surface area contributed by atoms with Crippen molar-refractivity contribution in [3.05, 3.63) is 36.3 Å². The number of nitrogens with one attached hydrogen (secondary N) is 1. The summed E-state index contributed by atoms with van der Waals surface area (Å²) in [4.78, 5) is 6.34. The van der Waals surface area contributed by atoms with Crippen LogP contribution in [0.5, 0.6) is 0 Å². The molecule has 0 bridgehead atoms. The van der Waals surface area contributed by atoms with E-state index in [1.54, 1.807) is 6.07 Å². The van der Waals surface area contributed by atoms with Crippen molar-refractivity contribution in [1.82, 2.24) is 10.3 Å². The highest BCUT2D eigenvalue weighted by atomic mass is 19.1. The highest BCUT2D eigenvalue weighted by Crippen LogP contribution is 2.35. The molecule has 104 valence electrons. The zero-order chi connectivity index (χ0) is 13.5. The summed E-state index contributed by atoms with van der Waals surface area (Å²) in [5.74, 6) is 1.05. The van der Waals surface area contributed by atoms with Crippen molar-refractivity contribution in [1.29, 1.82) is 0 Å². The molecule has 0 spiro atoms. The van der Waals surface area contributed by atoms with Gasteiger partial charge in [-0.1, -0.05) is 18.2 Å². The summed E-state index contributed by atoms with van der Waals surface area (Å²) in [6, 6.07) is 9.42. The van der Waals surface area contributed by atoms with Gasteiger partial charge in [0.1, 0.15) is 0 Å². The first-order valence-corrected chi connectivity index (χ1v) is 7.32. The van der Waals surface area contributed by atoms with Crippen molar-refractivity contribution in [3.8, 4) is 0 Å². The number of benzene rings is 1. The number of nitrogens with zero attached hydrogens (tertiary/aromatic N) is 2. The van der Waals surface area contributed by atoms with E-state index in [-0.39, 0.29) is 5.95 Å². The largest absolute Gasteiger partial charge is 0.370 e. The van der Waals surface area contributed by atoms with E-state index >= 15 is 0 Å². The van der Waals surface area contributed by atoms with Gasteiger partial charge in [0.2, 0.25) is 5.95 Å². The minimum atomic E-state index is -0.383. The number of pyridine rings is 1. The molecule has 2 unspecified atom stereocenters. The summed E-state index contributed by atoms with van der Waals surface area (Å²) in [5, 5.41) is 4.52. The van der Waals surface area contributed by atoms with E-state index in [0.29, 0.717) is 5.92 Å². The third-order valence-corrected chi connectivity index (χ3v) is 4.68. The number of halogens is 1. The normalized spacial score (nSPS) is 25.9. The number of hydrogen-bond donors (Lipinski definition) is 1. The van der Waals surface area contributed by atoms with Crippen LogP contribution in [0.15, 0.2) is 30.3 Å². The van der Waals surface area contributed by atoms with E-state index in [1.807, 2.05) is 24.3 Å². The lowest BCUT2D eigenvalue weighted by Gasteiger charge is -2.23. The van der Waals surface area contributed by atoms with Crippen LogP contribution in [0.2, 0.25) is 0 Å². The van der Waals surface area contributed by atoms with Crippen molar-refractivity contribution in [2.75, 3.05) is 31.1 Å². The molecule has 2 fully saturated rings. The Kier molecular flexibility index (Phi) is 2.84. The van der Waals surface area contributed by atoms with Crippen LogP contribution in [0.4, 0.5) is 10.1 Å². The SMILES string of the molecule is Fc1cc(N2CC3CCNCC3C2)c2ccccc2n1. The molecule has 2 saturated heterocycles. The quantitative estimate of drug-likeness (QED) is 0.807. The van der Waals surface area contributed by atoms with E-state index in [4.69, 9.17) is 0 Å². The Morgan fingerprint density at radius 2 is 2.05 bits per heavy atom. The van der Waals surface area contributed by atoms with Crippen LogP contribution in [-0.2, 0) is 0 Å². The lowest BCUT2D eigenvalue weighted by molar-refractivity contribution is 0.318. The van der Waals surface area contributed by atoms with Crippen molar-refractivity contribution in [3.63, 3.8) is 0 Å². The van der Waals surface area contributed by atoms with Crippen LogP contribution in [0.1, 0.15) is 6.42 Å². The molecule has 1 N–H and O–H groups in total. The summed E-state index contributed by atoms with van der Waals surface area (Å²) in [5.41, 5.74) is 1.75. The predicted octanol–water partition coefficient (Wildman–Crippen LogP) is 2.42. The average Bonchev–Trinajstić information content (AvgIpc) is 2.90. The highest BCUT2D eigenvalue weighted by molar-refractivity contribution is 5.91. The first-order chi connectivity index (χ1) is 9.81. The fourth-order valence-corrected chi connectivity index (χ4v) is 3.66. The second-order valence-electron chi connectivity index (χ2n) is 5.90. The summed E-state index contributed by atoms with van der Waals surface area (Å²) < 4.78 is 13.8. The van der Waals surface area contributed by atoms with E-state index in [9.17, 15) is 4.39 Å². The first-order valence-electron chi connectivity index (χ1n) is 7.32. The number of rotatable bonds is 1. The minimum Gasteiger partial charge on any atom is -0.370 e. The van der Waals surface area contributed by atoms with Gasteiger partial charge in [-0.25, -0.2) is 4.98 Å². The van der Waals surface area contributed by atoms with E-state index in [0.717, 1.165) is 48.7 Å². The van der Waals surface area contributed by atoms with Crippen molar-refractivity contribution in [2.24, 2.45) is 11.8 Å². The fourth-order valence-electron chi connectivity index (χ4n) is 3.66. The maximum Gasteiger partial charge on any atom is 0.215 e. The Balaban J connectivity index is 1.75. The van der Waals surface area contributed by atoms with E-state index < -0.39 is 0 Å². The number of fused-ring (bicyclic) bond motifs is 2. The standard InChI is InChI=1S/C16H18FN3/c17-16-7-15(13-3-1-2-4-14(13)19-16)20-9-11-5-6-18-8-12(11)10-20/h1-4,7,11-12,18H,5-6,8-10H2. The molecule has 1 aromatic heterocycles. The molecule has 0 radical (unpaired) electrons. The summed E-state index contributed by atoms with van der Waals surface area (Å²) in [6.45, 7) is 4.26.